The lowest BCUT2D eigenvalue weighted by atomic mass is 9.86. The third-order valence-corrected chi connectivity index (χ3v) is 5.92. The second-order valence-corrected chi connectivity index (χ2v) is 8.95. The molecule has 0 atom stereocenters. The Morgan fingerprint density at radius 2 is 1.64 bits per heavy atom. The number of ketones is 1. The number of aromatic nitrogens is 1. The third-order valence-electron chi connectivity index (χ3n) is 5.67. The van der Waals surface area contributed by atoms with Crippen LogP contribution in [0, 0.1) is 5.41 Å². The SMILES string of the molecule is CCC(=O)Cc1c(-c2ccc(Cl)cc2)c(-c2ccccc2)c2n1CC(C)(C)C2. The molecular weight excluding hydrogens is 366 g/mol. The molecule has 0 saturated carbocycles. The van der Waals surface area contributed by atoms with Crippen molar-refractivity contribution in [1.82, 2.24) is 4.57 Å². The van der Waals surface area contributed by atoms with Gasteiger partial charge in [0.2, 0.25) is 0 Å². The molecule has 3 heteroatoms. The lowest BCUT2D eigenvalue weighted by molar-refractivity contribution is -0.118. The molecule has 1 aromatic heterocycles. The van der Waals surface area contributed by atoms with E-state index >= 15 is 0 Å². The van der Waals surface area contributed by atoms with Gasteiger partial charge in [0.05, 0.1) is 0 Å². The van der Waals surface area contributed by atoms with Crippen molar-refractivity contribution >= 4 is 17.4 Å². The number of carbonyl (C=O) groups is 1. The van der Waals surface area contributed by atoms with Crippen LogP contribution in [0.1, 0.15) is 38.6 Å². The number of carbonyl (C=O) groups excluding carboxylic acids is 1. The minimum Gasteiger partial charge on any atom is -0.346 e. The molecule has 0 bridgehead atoms. The smallest absolute Gasteiger partial charge is 0.138 e. The minimum atomic E-state index is 0.196. The van der Waals surface area contributed by atoms with Gasteiger partial charge in [-0.3, -0.25) is 4.79 Å². The molecule has 0 saturated heterocycles. The fraction of sp³-hybridized carbons (Fsp3) is 0.320. The number of hydrogen-bond donors (Lipinski definition) is 0. The zero-order valence-corrected chi connectivity index (χ0v) is 17.5. The number of benzene rings is 2. The van der Waals surface area contributed by atoms with Crippen LogP contribution in [0.2, 0.25) is 5.02 Å². The average Bonchev–Trinajstić information content (AvgIpc) is 3.14. The monoisotopic (exact) mass is 391 g/mol. The van der Waals surface area contributed by atoms with Crippen LogP contribution in [0.3, 0.4) is 0 Å². The van der Waals surface area contributed by atoms with Gasteiger partial charge < -0.3 is 4.57 Å². The zero-order valence-electron chi connectivity index (χ0n) is 16.8. The second-order valence-electron chi connectivity index (χ2n) is 8.51. The van der Waals surface area contributed by atoms with E-state index in [2.05, 4.69) is 54.8 Å². The molecule has 28 heavy (non-hydrogen) atoms. The van der Waals surface area contributed by atoms with Gasteiger partial charge in [0.15, 0.2) is 0 Å². The average molecular weight is 392 g/mol. The van der Waals surface area contributed by atoms with Gasteiger partial charge in [-0.05, 0) is 35.1 Å². The van der Waals surface area contributed by atoms with E-state index in [1.165, 1.54) is 22.4 Å². The van der Waals surface area contributed by atoms with E-state index in [0.29, 0.717) is 12.8 Å². The largest absolute Gasteiger partial charge is 0.346 e. The summed E-state index contributed by atoms with van der Waals surface area (Å²) in [7, 11) is 0. The van der Waals surface area contributed by atoms with E-state index in [0.717, 1.165) is 29.2 Å². The predicted octanol–water partition coefficient (Wildman–Crippen LogP) is 6.58. The van der Waals surface area contributed by atoms with Crippen LogP contribution in [0.5, 0.6) is 0 Å². The van der Waals surface area contributed by atoms with E-state index in [1.54, 1.807) is 0 Å². The summed E-state index contributed by atoms with van der Waals surface area (Å²) in [6.45, 7) is 7.51. The molecule has 1 aliphatic rings. The van der Waals surface area contributed by atoms with Crippen LogP contribution in [-0.2, 0) is 24.2 Å². The second kappa shape index (κ2) is 7.25. The summed E-state index contributed by atoms with van der Waals surface area (Å²) in [6.07, 6.45) is 2.05. The molecule has 2 aromatic carbocycles. The van der Waals surface area contributed by atoms with Crippen LogP contribution in [0.4, 0.5) is 0 Å². The van der Waals surface area contributed by atoms with Gasteiger partial charge in [-0.15, -0.1) is 0 Å². The van der Waals surface area contributed by atoms with Crippen molar-refractivity contribution in [2.75, 3.05) is 0 Å². The Bertz CT molecular complexity index is 1010. The lowest BCUT2D eigenvalue weighted by Gasteiger charge is -2.19. The Morgan fingerprint density at radius 1 is 1.00 bits per heavy atom. The van der Waals surface area contributed by atoms with Crippen molar-refractivity contribution in [1.29, 1.82) is 0 Å². The zero-order chi connectivity index (χ0) is 19.9. The molecule has 0 unspecified atom stereocenters. The molecule has 4 rings (SSSR count). The fourth-order valence-corrected chi connectivity index (χ4v) is 4.50. The van der Waals surface area contributed by atoms with E-state index < -0.39 is 0 Å². The molecular formula is C25H26ClNO. The number of Topliss-reactive ketones (excluding diaryl/α,β-unsaturated/α-hetero) is 1. The van der Waals surface area contributed by atoms with Gasteiger partial charge in [-0.1, -0.05) is 74.8 Å². The van der Waals surface area contributed by atoms with E-state index in [4.69, 9.17) is 11.6 Å². The van der Waals surface area contributed by atoms with Gasteiger partial charge in [0.25, 0.3) is 0 Å². The Morgan fingerprint density at radius 3 is 2.29 bits per heavy atom. The van der Waals surface area contributed by atoms with Crippen LogP contribution in [-0.4, -0.2) is 10.4 Å². The minimum absolute atomic E-state index is 0.196. The molecule has 2 heterocycles. The maximum atomic E-state index is 12.5. The molecule has 0 amide bonds. The first-order valence-electron chi connectivity index (χ1n) is 9.97. The van der Waals surface area contributed by atoms with Gasteiger partial charge >= 0.3 is 0 Å². The first-order chi connectivity index (χ1) is 13.4. The Kier molecular flexibility index (Phi) is 4.93. The number of rotatable bonds is 5. The van der Waals surface area contributed by atoms with Crippen LogP contribution >= 0.6 is 11.6 Å². The standard InChI is InChI=1S/C25H26ClNO/c1-4-20(28)14-21-23(18-10-12-19(26)13-11-18)24(17-8-6-5-7-9-17)22-15-25(2,3)16-27(21)22/h5-13H,4,14-16H2,1-3H3. The first kappa shape index (κ1) is 19.0. The molecule has 0 fully saturated rings. The summed E-state index contributed by atoms with van der Waals surface area (Å²) in [5.41, 5.74) is 7.49. The lowest BCUT2D eigenvalue weighted by Crippen LogP contribution is -2.15. The summed E-state index contributed by atoms with van der Waals surface area (Å²) in [5, 5.41) is 0.726. The summed E-state index contributed by atoms with van der Waals surface area (Å²) in [6, 6.07) is 18.6. The molecule has 0 radical (unpaired) electrons. The van der Waals surface area contributed by atoms with Crippen LogP contribution in [0.15, 0.2) is 54.6 Å². The van der Waals surface area contributed by atoms with Crippen molar-refractivity contribution in [2.24, 2.45) is 5.41 Å². The molecule has 144 valence electrons. The van der Waals surface area contributed by atoms with Crippen molar-refractivity contribution < 1.29 is 4.79 Å². The maximum Gasteiger partial charge on any atom is 0.138 e. The topological polar surface area (TPSA) is 22.0 Å². The highest BCUT2D eigenvalue weighted by atomic mass is 35.5. The van der Waals surface area contributed by atoms with Crippen molar-refractivity contribution in [2.45, 2.75) is 46.6 Å². The van der Waals surface area contributed by atoms with E-state index in [9.17, 15) is 4.79 Å². The molecule has 0 aliphatic carbocycles. The van der Waals surface area contributed by atoms with Gasteiger partial charge in [0.1, 0.15) is 5.78 Å². The summed E-state index contributed by atoms with van der Waals surface area (Å²) in [4.78, 5) is 12.5. The quantitative estimate of drug-likeness (QED) is 0.481. The maximum absolute atomic E-state index is 12.5. The van der Waals surface area contributed by atoms with Crippen LogP contribution < -0.4 is 0 Å². The van der Waals surface area contributed by atoms with Crippen molar-refractivity contribution in [3.63, 3.8) is 0 Å². The molecule has 0 spiro atoms. The number of fused-ring (bicyclic) bond motifs is 1. The molecule has 2 nitrogen and oxygen atoms in total. The van der Waals surface area contributed by atoms with E-state index in [-0.39, 0.29) is 11.2 Å². The third kappa shape index (κ3) is 3.42. The number of hydrogen-bond acceptors (Lipinski definition) is 1. The summed E-state index contributed by atoms with van der Waals surface area (Å²) in [5.74, 6) is 0.278. The fourth-order valence-electron chi connectivity index (χ4n) is 4.37. The summed E-state index contributed by atoms with van der Waals surface area (Å²) < 4.78 is 2.42. The number of halogens is 1. The highest BCUT2D eigenvalue weighted by molar-refractivity contribution is 6.30. The first-order valence-corrected chi connectivity index (χ1v) is 10.3. The predicted molar refractivity (Wildman–Crippen MR) is 117 cm³/mol. The normalized spacial score (nSPS) is 14.9. The molecule has 0 N–H and O–H groups in total. The highest BCUT2D eigenvalue weighted by Gasteiger charge is 2.36. The Balaban J connectivity index is 2.02. The Hall–Kier alpha value is -2.32. The van der Waals surface area contributed by atoms with Gasteiger partial charge in [0, 0.05) is 46.9 Å². The van der Waals surface area contributed by atoms with Crippen LogP contribution in [0.25, 0.3) is 22.3 Å². The van der Waals surface area contributed by atoms with Crippen molar-refractivity contribution in [3.8, 4) is 22.3 Å². The van der Waals surface area contributed by atoms with Gasteiger partial charge in [-0.25, -0.2) is 0 Å². The number of nitrogens with zero attached hydrogens (tertiary/aromatic N) is 1. The Labute approximate surface area is 172 Å². The van der Waals surface area contributed by atoms with E-state index in [1.807, 2.05) is 25.1 Å². The molecule has 3 aromatic rings. The van der Waals surface area contributed by atoms with Gasteiger partial charge in [-0.2, -0.15) is 0 Å². The summed E-state index contributed by atoms with van der Waals surface area (Å²) >= 11 is 6.16. The van der Waals surface area contributed by atoms with Crippen molar-refractivity contribution in [3.05, 3.63) is 71.0 Å². The highest BCUT2D eigenvalue weighted by Crippen LogP contribution is 2.47. The molecule has 1 aliphatic heterocycles.